The molecule has 1 saturated heterocycles. The number of carbonyl (C=O) groups is 2. The first kappa shape index (κ1) is 17.0. The van der Waals surface area contributed by atoms with Gasteiger partial charge in [0.2, 0.25) is 5.88 Å². The molecule has 23 heavy (non-hydrogen) atoms. The zero-order chi connectivity index (χ0) is 17.2. The van der Waals surface area contributed by atoms with Crippen molar-refractivity contribution in [3.05, 3.63) is 18.1 Å². The van der Waals surface area contributed by atoms with E-state index in [2.05, 4.69) is 9.97 Å². The fourth-order valence-corrected chi connectivity index (χ4v) is 2.30. The van der Waals surface area contributed by atoms with E-state index in [1.54, 1.807) is 33.8 Å². The first-order chi connectivity index (χ1) is 10.7. The van der Waals surface area contributed by atoms with Gasteiger partial charge in [-0.2, -0.15) is 0 Å². The van der Waals surface area contributed by atoms with Crippen LogP contribution in [0.1, 0.15) is 32.9 Å². The number of likely N-dealkylation sites (tertiary alicyclic amines) is 1. The lowest BCUT2D eigenvalue weighted by Crippen LogP contribution is -2.43. The van der Waals surface area contributed by atoms with Crippen molar-refractivity contribution >= 4 is 12.1 Å². The second kappa shape index (κ2) is 6.39. The first-order valence-corrected chi connectivity index (χ1v) is 7.33. The van der Waals surface area contributed by atoms with E-state index in [0.29, 0.717) is 5.88 Å². The van der Waals surface area contributed by atoms with Gasteiger partial charge in [-0.05, 0) is 27.7 Å². The highest BCUT2D eigenvalue weighted by Crippen LogP contribution is 2.24. The van der Waals surface area contributed by atoms with Crippen LogP contribution in [0.5, 0.6) is 5.88 Å². The quantitative estimate of drug-likeness (QED) is 0.901. The molecule has 0 radical (unpaired) electrons. The third-order valence-electron chi connectivity index (χ3n) is 3.24. The van der Waals surface area contributed by atoms with Gasteiger partial charge in [0.25, 0.3) is 0 Å². The number of carboxylic acid groups (broad SMARTS) is 1. The van der Waals surface area contributed by atoms with E-state index in [4.69, 9.17) is 9.47 Å². The molecule has 1 amide bonds. The molecule has 2 atom stereocenters. The Bertz CT molecular complexity index is 599. The van der Waals surface area contributed by atoms with Crippen molar-refractivity contribution in [3.63, 3.8) is 0 Å². The minimum Gasteiger partial charge on any atom is -0.480 e. The lowest BCUT2D eigenvalue weighted by molar-refractivity contribution is -0.142. The van der Waals surface area contributed by atoms with E-state index >= 15 is 0 Å². The largest absolute Gasteiger partial charge is 0.480 e. The summed E-state index contributed by atoms with van der Waals surface area (Å²) < 4.78 is 10.9. The maximum atomic E-state index is 12.2. The van der Waals surface area contributed by atoms with Crippen molar-refractivity contribution in [2.45, 2.75) is 51.9 Å². The van der Waals surface area contributed by atoms with Crippen LogP contribution in [0.2, 0.25) is 0 Å². The van der Waals surface area contributed by atoms with Crippen molar-refractivity contribution in [1.82, 2.24) is 14.9 Å². The second-order valence-corrected chi connectivity index (χ2v) is 6.46. The highest BCUT2D eigenvalue weighted by molar-refractivity contribution is 5.81. The van der Waals surface area contributed by atoms with Gasteiger partial charge < -0.3 is 14.6 Å². The van der Waals surface area contributed by atoms with Crippen molar-refractivity contribution < 1.29 is 24.2 Å². The maximum Gasteiger partial charge on any atom is 0.411 e. The van der Waals surface area contributed by atoms with E-state index < -0.39 is 29.8 Å². The molecule has 0 spiro atoms. The molecule has 0 unspecified atom stereocenters. The molecule has 0 saturated carbocycles. The molecule has 2 rings (SSSR count). The summed E-state index contributed by atoms with van der Waals surface area (Å²) in [5, 5.41) is 9.33. The molecule has 8 heteroatoms. The SMILES string of the molecule is Cc1cc(O[C@@H]2C[C@@H](C(=O)O)N(C(=O)OC(C)(C)C)C2)ncn1. The van der Waals surface area contributed by atoms with Crippen molar-refractivity contribution in [1.29, 1.82) is 0 Å². The third kappa shape index (κ3) is 4.54. The molecule has 1 fully saturated rings. The van der Waals surface area contributed by atoms with E-state index in [-0.39, 0.29) is 13.0 Å². The summed E-state index contributed by atoms with van der Waals surface area (Å²) in [7, 11) is 0. The lowest BCUT2D eigenvalue weighted by atomic mass is 10.2. The Labute approximate surface area is 134 Å². The van der Waals surface area contributed by atoms with Crippen molar-refractivity contribution in [2.75, 3.05) is 6.54 Å². The average molecular weight is 323 g/mol. The Morgan fingerprint density at radius 2 is 2.04 bits per heavy atom. The standard InChI is InChI=1S/C15H21N3O5/c1-9-5-12(17-8-16-9)22-10-6-11(13(19)20)18(7-10)14(21)23-15(2,3)4/h5,8,10-11H,6-7H2,1-4H3,(H,19,20)/t10-,11+/m1/s1. The van der Waals surface area contributed by atoms with Crippen LogP contribution < -0.4 is 4.74 Å². The highest BCUT2D eigenvalue weighted by atomic mass is 16.6. The molecule has 1 aliphatic heterocycles. The zero-order valence-corrected chi connectivity index (χ0v) is 13.6. The van der Waals surface area contributed by atoms with Gasteiger partial charge in [0, 0.05) is 18.2 Å². The Hall–Kier alpha value is -2.38. The van der Waals surface area contributed by atoms with Gasteiger partial charge in [-0.25, -0.2) is 19.6 Å². The molecule has 8 nitrogen and oxygen atoms in total. The van der Waals surface area contributed by atoms with E-state index in [1.165, 1.54) is 11.2 Å². The Morgan fingerprint density at radius 1 is 1.35 bits per heavy atom. The summed E-state index contributed by atoms with van der Waals surface area (Å²) >= 11 is 0. The van der Waals surface area contributed by atoms with Gasteiger partial charge in [-0.15, -0.1) is 0 Å². The molecule has 126 valence electrons. The van der Waals surface area contributed by atoms with E-state index in [9.17, 15) is 14.7 Å². The van der Waals surface area contributed by atoms with E-state index in [0.717, 1.165) is 5.69 Å². The number of amides is 1. The molecular weight excluding hydrogens is 302 g/mol. The van der Waals surface area contributed by atoms with Gasteiger partial charge in [0.15, 0.2) is 0 Å². The average Bonchev–Trinajstić information content (AvgIpc) is 2.81. The van der Waals surface area contributed by atoms with Crippen LogP contribution >= 0.6 is 0 Å². The number of aryl methyl sites for hydroxylation is 1. The van der Waals surface area contributed by atoms with E-state index in [1.807, 2.05) is 0 Å². The molecule has 0 bridgehead atoms. The monoisotopic (exact) mass is 323 g/mol. The smallest absolute Gasteiger partial charge is 0.411 e. The van der Waals surface area contributed by atoms with Gasteiger partial charge in [0.1, 0.15) is 24.1 Å². The predicted molar refractivity (Wildman–Crippen MR) is 80.2 cm³/mol. The summed E-state index contributed by atoms with van der Waals surface area (Å²) in [5.74, 6) is -0.724. The number of rotatable bonds is 3. The topological polar surface area (TPSA) is 102 Å². The third-order valence-corrected chi connectivity index (χ3v) is 3.24. The molecular formula is C15H21N3O5. The maximum absolute atomic E-state index is 12.2. The Balaban J connectivity index is 2.08. The summed E-state index contributed by atoms with van der Waals surface area (Å²) in [5.41, 5.74) is 0.0508. The minimum absolute atomic E-state index is 0.134. The number of aromatic nitrogens is 2. The molecule has 1 aromatic heterocycles. The number of hydrogen-bond donors (Lipinski definition) is 1. The normalized spacial score (nSPS) is 21.1. The molecule has 1 aromatic rings. The zero-order valence-electron chi connectivity index (χ0n) is 13.6. The van der Waals surface area contributed by atoms with Crippen LogP contribution in [0.3, 0.4) is 0 Å². The number of aliphatic carboxylic acids is 1. The number of ether oxygens (including phenoxy) is 2. The predicted octanol–water partition coefficient (Wildman–Crippen LogP) is 1.63. The second-order valence-electron chi connectivity index (χ2n) is 6.46. The first-order valence-electron chi connectivity index (χ1n) is 7.33. The number of nitrogens with zero attached hydrogens (tertiary/aromatic N) is 3. The molecule has 1 aliphatic rings. The molecule has 1 N–H and O–H groups in total. The van der Waals surface area contributed by atoms with Crippen molar-refractivity contribution in [2.24, 2.45) is 0 Å². The molecule has 0 aromatic carbocycles. The lowest BCUT2D eigenvalue weighted by Gasteiger charge is -2.26. The fourth-order valence-electron chi connectivity index (χ4n) is 2.30. The van der Waals surface area contributed by atoms with Crippen LogP contribution in [-0.4, -0.2) is 56.3 Å². The summed E-state index contributed by atoms with van der Waals surface area (Å²) in [4.78, 5) is 32.7. The van der Waals surface area contributed by atoms with Crippen LogP contribution in [0, 0.1) is 6.92 Å². The van der Waals surface area contributed by atoms with Crippen LogP contribution in [-0.2, 0) is 9.53 Å². The van der Waals surface area contributed by atoms with Gasteiger partial charge >= 0.3 is 12.1 Å². The summed E-state index contributed by atoms with van der Waals surface area (Å²) in [6.45, 7) is 7.13. The Morgan fingerprint density at radius 3 is 2.61 bits per heavy atom. The van der Waals surface area contributed by atoms with Crippen molar-refractivity contribution in [3.8, 4) is 5.88 Å². The number of carboxylic acids is 1. The summed E-state index contributed by atoms with van der Waals surface area (Å²) in [6, 6.07) is 0.684. The molecule has 2 heterocycles. The summed E-state index contributed by atoms with van der Waals surface area (Å²) in [6.07, 6.45) is 0.435. The Kier molecular flexibility index (Phi) is 4.72. The fraction of sp³-hybridized carbons (Fsp3) is 0.600. The molecule has 0 aliphatic carbocycles. The van der Waals surface area contributed by atoms with Gasteiger partial charge in [-0.1, -0.05) is 0 Å². The van der Waals surface area contributed by atoms with Crippen LogP contribution in [0.4, 0.5) is 4.79 Å². The van der Waals surface area contributed by atoms with Gasteiger partial charge in [-0.3, -0.25) is 4.90 Å². The minimum atomic E-state index is -1.08. The van der Waals surface area contributed by atoms with Crippen LogP contribution in [0.15, 0.2) is 12.4 Å². The number of carbonyl (C=O) groups excluding carboxylic acids is 1. The van der Waals surface area contributed by atoms with Gasteiger partial charge in [0.05, 0.1) is 6.54 Å². The van der Waals surface area contributed by atoms with Crippen LogP contribution in [0.25, 0.3) is 0 Å². The number of hydrogen-bond acceptors (Lipinski definition) is 6. The highest BCUT2D eigenvalue weighted by Gasteiger charge is 2.42.